The number of hydrogen-bond acceptors (Lipinski definition) is 4. The first kappa shape index (κ1) is 22.1. The van der Waals surface area contributed by atoms with Crippen molar-refractivity contribution in [3.05, 3.63) is 102 Å². The Bertz CT molecular complexity index is 1620. The Kier molecular flexibility index (Phi) is 5.51. The quantitative estimate of drug-likeness (QED) is 0.222. The summed E-state index contributed by atoms with van der Waals surface area (Å²) in [6, 6.07) is 27.2. The van der Waals surface area contributed by atoms with Gasteiger partial charge in [-0.1, -0.05) is 60.7 Å². The van der Waals surface area contributed by atoms with Crippen molar-refractivity contribution in [2.24, 2.45) is 0 Å². The zero-order valence-corrected chi connectivity index (χ0v) is 19.6. The highest BCUT2D eigenvalue weighted by Gasteiger charge is 2.34. The second-order valence-electron chi connectivity index (χ2n) is 9.09. The second kappa shape index (κ2) is 8.98. The number of phenolic OH excluding ortho intramolecular Hbond substituents is 1. The third-order valence-corrected chi connectivity index (χ3v) is 6.81. The molecule has 2 amide bonds. The van der Waals surface area contributed by atoms with E-state index in [2.05, 4.69) is 27.3 Å². The lowest BCUT2D eigenvalue weighted by atomic mass is 9.93. The van der Waals surface area contributed by atoms with E-state index in [-0.39, 0.29) is 11.7 Å². The van der Waals surface area contributed by atoms with Crippen LogP contribution in [0, 0.1) is 0 Å². The molecule has 0 fully saturated rings. The monoisotopic (exact) mass is 475 g/mol. The van der Waals surface area contributed by atoms with Crippen molar-refractivity contribution in [1.29, 1.82) is 0 Å². The van der Waals surface area contributed by atoms with Crippen LogP contribution in [0.5, 0.6) is 5.75 Å². The predicted molar refractivity (Wildman–Crippen MR) is 141 cm³/mol. The van der Waals surface area contributed by atoms with Crippen LogP contribution in [0.15, 0.2) is 84.9 Å². The van der Waals surface area contributed by atoms with Gasteiger partial charge >= 0.3 is 0 Å². The van der Waals surface area contributed by atoms with Gasteiger partial charge in [-0.15, -0.1) is 0 Å². The zero-order valence-electron chi connectivity index (χ0n) is 19.6. The van der Waals surface area contributed by atoms with Crippen LogP contribution >= 0.6 is 0 Å². The van der Waals surface area contributed by atoms with E-state index in [1.807, 2.05) is 60.7 Å². The molecular formula is C30H25N3O3. The second-order valence-corrected chi connectivity index (χ2v) is 9.09. The van der Waals surface area contributed by atoms with Crippen LogP contribution < -0.4 is 10.6 Å². The maximum atomic E-state index is 13.0. The van der Waals surface area contributed by atoms with E-state index in [9.17, 15) is 14.7 Å². The maximum absolute atomic E-state index is 13.0. The summed E-state index contributed by atoms with van der Waals surface area (Å²) >= 11 is 0. The fourth-order valence-corrected chi connectivity index (χ4v) is 5.21. The molecule has 0 saturated heterocycles. The van der Waals surface area contributed by atoms with Crippen molar-refractivity contribution in [3.8, 4) is 16.9 Å². The van der Waals surface area contributed by atoms with Crippen LogP contribution in [0.1, 0.15) is 32.7 Å². The van der Waals surface area contributed by atoms with Gasteiger partial charge in [0.25, 0.3) is 11.8 Å². The molecule has 6 nitrogen and oxygen atoms in total. The van der Waals surface area contributed by atoms with E-state index >= 15 is 0 Å². The van der Waals surface area contributed by atoms with E-state index in [0.29, 0.717) is 16.5 Å². The highest BCUT2D eigenvalue weighted by molar-refractivity contribution is 6.32. The van der Waals surface area contributed by atoms with Gasteiger partial charge in [-0.3, -0.25) is 14.9 Å². The first-order valence-corrected chi connectivity index (χ1v) is 12.1. The molecule has 0 saturated carbocycles. The van der Waals surface area contributed by atoms with Gasteiger partial charge in [-0.05, 0) is 53.9 Å². The van der Waals surface area contributed by atoms with Crippen molar-refractivity contribution in [2.75, 3.05) is 6.54 Å². The third kappa shape index (κ3) is 3.72. The van der Waals surface area contributed by atoms with Crippen LogP contribution in [-0.2, 0) is 13.1 Å². The Morgan fingerprint density at radius 3 is 2.31 bits per heavy atom. The summed E-state index contributed by atoms with van der Waals surface area (Å²) < 4.78 is 2.19. The minimum absolute atomic E-state index is 0.122. The van der Waals surface area contributed by atoms with E-state index < -0.39 is 5.91 Å². The number of aromatic hydroxyl groups is 1. The van der Waals surface area contributed by atoms with Gasteiger partial charge in [0, 0.05) is 29.4 Å². The number of imide groups is 1. The number of aromatic nitrogens is 1. The largest absolute Gasteiger partial charge is 0.508 e. The molecule has 36 heavy (non-hydrogen) atoms. The van der Waals surface area contributed by atoms with Crippen molar-refractivity contribution in [1.82, 2.24) is 15.2 Å². The van der Waals surface area contributed by atoms with Gasteiger partial charge in [0.05, 0.1) is 16.6 Å². The van der Waals surface area contributed by atoms with Crippen LogP contribution in [0.3, 0.4) is 0 Å². The average molecular weight is 476 g/mol. The molecule has 2 heterocycles. The lowest BCUT2D eigenvalue weighted by Crippen LogP contribution is -2.20. The molecule has 1 aliphatic rings. The van der Waals surface area contributed by atoms with Crippen molar-refractivity contribution in [3.63, 3.8) is 0 Å². The number of carbonyl (C=O) groups is 2. The highest BCUT2D eigenvalue weighted by atomic mass is 16.3. The van der Waals surface area contributed by atoms with Gasteiger partial charge in [0.15, 0.2) is 0 Å². The van der Waals surface area contributed by atoms with Gasteiger partial charge in [-0.2, -0.15) is 0 Å². The summed E-state index contributed by atoms with van der Waals surface area (Å²) in [6.45, 7) is 2.34. The molecular weight excluding hydrogens is 450 g/mol. The standard InChI is InChI=1S/C30H25N3O3/c34-21-12-13-24-23(16-21)26-25(33(24)15-7-14-31-18-19-8-3-1-4-9-19)17-22(20-10-5-2-6-11-20)27-28(26)30(36)32-29(27)35/h1-6,8-13,16-17,31,34H,7,14-15,18H2,(H,32,35,36). The summed E-state index contributed by atoms with van der Waals surface area (Å²) in [5.74, 6) is -0.664. The van der Waals surface area contributed by atoms with Gasteiger partial charge in [0.1, 0.15) is 5.75 Å². The SMILES string of the molecule is O=C1NC(=O)c2c1c(-c1ccccc1)cc1c2c2cc(O)ccc2n1CCCNCc1ccccc1. The minimum atomic E-state index is -0.398. The number of rotatable bonds is 7. The smallest absolute Gasteiger partial charge is 0.259 e. The Hall–Kier alpha value is -4.42. The Labute approximate surface area is 208 Å². The molecule has 178 valence electrons. The zero-order chi connectivity index (χ0) is 24.6. The molecule has 0 radical (unpaired) electrons. The third-order valence-electron chi connectivity index (χ3n) is 6.81. The Morgan fingerprint density at radius 1 is 0.806 bits per heavy atom. The molecule has 0 spiro atoms. The topological polar surface area (TPSA) is 83.4 Å². The summed E-state index contributed by atoms with van der Waals surface area (Å²) in [4.78, 5) is 25.9. The molecule has 6 heteroatoms. The number of nitrogens with one attached hydrogen (secondary N) is 2. The molecule has 6 rings (SSSR count). The molecule has 0 atom stereocenters. The number of fused-ring (bicyclic) bond motifs is 5. The van der Waals surface area contributed by atoms with Crippen molar-refractivity contribution >= 4 is 33.6 Å². The molecule has 1 aliphatic heterocycles. The van der Waals surface area contributed by atoms with Crippen molar-refractivity contribution < 1.29 is 14.7 Å². The molecule has 4 aromatic carbocycles. The number of carbonyl (C=O) groups excluding carboxylic acids is 2. The lowest BCUT2D eigenvalue weighted by Gasteiger charge is -2.12. The first-order valence-electron chi connectivity index (χ1n) is 12.1. The summed E-state index contributed by atoms with van der Waals surface area (Å²) in [5, 5.41) is 17.7. The number of aryl methyl sites for hydroxylation is 1. The normalized spacial score (nSPS) is 12.9. The van der Waals surface area contributed by atoms with E-state index in [1.165, 1.54) is 5.56 Å². The molecule has 1 aromatic heterocycles. The number of phenols is 1. The van der Waals surface area contributed by atoms with Gasteiger partial charge < -0.3 is 15.0 Å². The van der Waals surface area contributed by atoms with Crippen molar-refractivity contribution in [2.45, 2.75) is 19.5 Å². The summed E-state index contributed by atoms with van der Waals surface area (Å²) in [6.07, 6.45) is 0.871. The maximum Gasteiger partial charge on any atom is 0.259 e. The Balaban J connectivity index is 1.45. The molecule has 5 aromatic rings. The average Bonchev–Trinajstić information content (AvgIpc) is 3.37. The van der Waals surface area contributed by atoms with E-state index in [1.54, 1.807) is 12.1 Å². The van der Waals surface area contributed by atoms with Crippen LogP contribution in [0.25, 0.3) is 32.9 Å². The van der Waals surface area contributed by atoms with Crippen LogP contribution in [0.4, 0.5) is 0 Å². The predicted octanol–water partition coefficient (Wildman–Crippen LogP) is 5.23. The lowest BCUT2D eigenvalue weighted by molar-refractivity contribution is 0.0880. The Morgan fingerprint density at radius 2 is 1.53 bits per heavy atom. The molecule has 0 bridgehead atoms. The van der Waals surface area contributed by atoms with E-state index in [4.69, 9.17) is 0 Å². The van der Waals surface area contributed by atoms with E-state index in [0.717, 1.165) is 53.6 Å². The summed E-state index contributed by atoms with van der Waals surface area (Å²) in [5.41, 5.74) is 5.43. The number of amides is 2. The minimum Gasteiger partial charge on any atom is -0.508 e. The van der Waals surface area contributed by atoms with Gasteiger partial charge in [0.2, 0.25) is 0 Å². The van der Waals surface area contributed by atoms with Crippen LogP contribution in [-0.4, -0.2) is 28.0 Å². The molecule has 3 N–H and O–H groups in total. The highest BCUT2D eigenvalue weighted by Crippen LogP contribution is 2.41. The number of nitrogens with zero attached hydrogens (tertiary/aromatic N) is 1. The summed E-state index contributed by atoms with van der Waals surface area (Å²) in [7, 11) is 0. The number of benzene rings is 4. The first-order chi connectivity index (χ1) is 17.6. The molecule has 0 unspecified atom stereocenters. The fraction of sp³-hybridized carbons (Fsp3) is 0.133. The van der Waals surface area contributed by atoms with Crippen LogP contribution in [0.2, 0.25) is 0 Å². The molecule has 0 aliphatic carbocycles. The number of hydrogen-bond donors (Lipinski definition) is 3. The van der Waals surface area contributed by atoms with Gasteiger partial charge in [-0.25, -0.2) is 0 Å². The fourth-order valence-electron chi connectivity index (χ4n) is 5.21.